The summed E-state index contributed by atoms with van der Waals surface area (Å²) in [5, 5.41) is 11.4. The molecule has 2 heterocycles. The van der Waals surface area contributed by atoms with Gasteiger partial charge in [0.2, 0.25) is 0 Å². The zero-order valence-corrected chi connectivity index (χ0v) is 36.4. The smallest absolute Gasteiger partial charge is 0.148 e. The van der Waals surface area contributed by atoms with Crippen molar-refractivity contribution in [2.24, 2.45) is 5.41 Å². The Bertz CT molecular complexity index is 3010. The van der Waals surface area contributed by atoms with E-state index in [1.165, 1.54) is 5.56 Å². The van der Waals surface area contributed by atoms with Crippen LogP contribution in [-0.4, -0.2) is 19.6 Å². The quantitative estimate of drug-likeness (QED) is 0.162. The maximum absolute atomic E-state index is 11.4. The molecular weight excluding hydrogens is 890 g/mol. The Labute approximate surface area is 365 Å². The number of nitrogens with zero attached hydrogens (tertiary/aromatic N) is 3. The largest absolute Gasteiger partial charge is 0.507 e. The second-order valence-electron chi connectivity index (χ2n) is 17.3. The Balaban J connectivity index is 0.00000595. The number of hydrogen-bond acceptors (Lipinski definition) is 3. The van der Waals surface area contributed by atoms with Gasteiger partial charge in [-0.2, -0.15) is 0 Å². The molecule has 0 aliphatic carbocycles. The van der Waals surface area contributed by atoms with Crippen molar-refractivity contribution >= 4 is 11.0 Å². The number of aromatic hydroxyl groups is 1. The van der Waals surface area contributed by atoms with Gasteiger partial charge in [0.05, 0.1) is 29.1 Å². The molecule has 0 atom stereocenters. The molecule has 0 aliphatic heterocycles. The molecule has 1 N–H and O–H groups in total. The van der Waals surface area contributed by atoms with Gasteiger partial charge in [0.1, 0.15) is 11.6 Å². The second-order valence-corrected chi connectivity index (χ2v) is 17.3. The van der Waals surface area contributed by atoms with Crippen LogP contribution in [-0.2, 0) is 31.9 Å². The van der Waals surface area contributed by atoms with Crippen molar-refractivity contribution in [2.75, 3.05) is 0 Å². The molecule has 0 spiro atoms. The number of rotatable bonds is 7. The number of phenols is 1. The fourth-order valence-electron chi connectivity index (χ4n) is 7.22. The Hall–Kier alpha value is -5.57. The van der Waals surface area contributed by atoms with Crippen LogP contribution in [0.25, 0.3) is 72.7 Å². The zero-order chi connectivity index (χ0) is 44.5. The van der Waals surface area contributed by atoms with Crippen molar-refractivity contribution in [3.8, 4) is 67.5 Å². The van der Waals surface area contributed by atoms with Crippen LogP contribution >= 0.6 is 0 Å². The van der Waals surface area contributed by atoms with Crippen LogP contribution in [0.15, 0.2) is 152 Å². The Morgan fingerprint density at radius 3 is 2.02 bits per heavy atom. The first kappa shape index (κ1) is 34.5. The molecule has 0 saturated heterocycles. The molecule has 0 saturated carbocycles. The van der Waals surface area contributed by atoms with Gasteiger partial charge in [-0.1, -0.05) is 163 Å². The van der Waals surface area contributed by atoms with Crippen molar-refractivity contribution in [3.05, 3.63) is 169 Å². The molecule has 0 bridgehead atoms. The Morgan fingerprint density at radius 2 is 1.31 bits per heavy atom. The van der Waals surface area contributed by atoms with Gasteiger partial charge in [0.25, 0.3) is 0 Å². The van der Waals surface area contributed by atoms with Crippen LogP contribution in [0, 0.1) is 11.5 Å². The van der Waals surface area contributed by atoms with Crippen molar-refractivity contribution in [3.63, 3.8) is 0 Å². The van der Waals surface area contributed by atoms with Gasteiger partial charge in [-0.25, -0.2) is 4.98 Å². The topological polar surface area (TPSA) is 50.9 Å². The van der Waals surface area contributed by atoms with E-state index in [9.17, 15) is 5.11 Å². The number of pyridine rings is 1. The summed E-state index contributed by atoms with van der Waals surface area (Å²) in [5.41, 5.74) is 10.4. The number of para-hydroxylation sites is 2. The molecule has 0 amide bonds. The Kier molecular flexibility index (Phi) is 9.30. The molecule has 0 unspecified atom stereocenters. The number of phenolic OH excluding ortho intramolecular Hbond substituents is 1. The van der Waals surface area contributed by atoms with Crippen molar-refractivity contribution in [1.29, 1.82) is 0 Å². The van der Waals surface area contributed by atoms with Crippen molar-refractivity contribution in [1.82, 2.24) is 14.5 Å². The van der Waals surface area contributed by atoms with E-state index >= 15 is 0 Å². The number of benzene rings is 6. The fourth-order valence-corrected chi connectivity index (χ4v) is 7.22. The van der Waals surface area contributed by atoms with E-state index in [0.717, 1.165) is 44.5 Å². The van der Waals surface area contributed by atoms with Crippen LogP contribution in [0.3, 0.4) is 0 Å². The first-order valence-corrected chi connectivity index (χ1v) is 19.4. The Morgan fingerprint density at radius 1 is 0.621 bits per heavy atom. The minimum Gasteiger partial charge on any atom is -0.507 e. The van der Waals surface area contributed by atoms with Gasteiger partial charge in [-0.3, -0.25) is 9.55 Å². The van der Waals surface area contributed by atoms with Crippen LogP contribution in [0.5, 0.6) is 5.75 Å². The van der Waals surface area contributed by atoms with Gasteiger partial charge in [0.15, 0.2) is 0 Å². The van der Waals surface area contributed by atoms with Crippen LogP contribution in [0.4, 0.5) is 0 Å². The predicted molar refractivity (Wildman–Crippen MR) is 238 cm³/mol. The molecule has 6 aromatic carbocycles. The molecule has 5 heteroatoms. The van der Waals surface area contributed by atoms with Gasteiger partial charge < -0.3 is 5.11 Å². The van der Waals surface area contributed by atoms with Crippen molar-refractivity contribution in [2.45, 2.75) is 66.2 Å². The molecule has 2 aromatic heterocycles. The third-order valence-electron chi connectivity index (χ3n) is 11.6. The molecule has 294 valence electrons. The summed E-state index contributed by atoms with van der Waals surface area (Å²) in [7, 11) is 0. The summed E-state index contributed by atoms with van der Waals surface area (Å²) in [5.74, 6) is 0.705. The molecule has 8 rings (SSSR count). The first-order valence-electron chi connectivity index (χ1n) is 21.9. The number of aromatic nitrogens is 3. The fraction of sp³-hybridized carbons (Fsp3) is 0.208. The van der Waals surface area contributed by atoms with E-state index in [0.29, 0.717) is 28.2 Å². The molecule has 0 aliphatic rings. The third-order valence-corrected chi connectivity index (χ3v) is 11.6. The van der Waals surface area contributed by atoms with E-state index in [4.69, 9.17) is 16.8 Å². The maximum atomic E-state index is 11.4. The number of imidazole rings is 1. The molecule has 4 nitrogen and oxygen atoms in total. The second kappa shape index (κ2) is 15.6. The van der Waals surface area contributed by atoms with E-state index in [1.807, 2.05) is 36.4 Å². The molecule has 0 fully saturated rings. The van der Waals surface area contributed by atoms with Gasteiger partial charge >= 0.3 is 0 Å². The zero-order valence-electron chi connectivity index (χ0n) is 39.2. The van der Waals surface area contributed by atoms with E-state index < -0.39 is 6.04 Å². The van der Waals surface area contributed by atoms with Crippen LogP contribution in [0.1, 0.15) is 73.4 Å². The standard InChI is InChI=1S/C53H50N3O.Pt/c1-51(2,3)41-31-38(30-39(32-41)45-33-37(28-29-54-45)35-18-11-9-12-19-35)42-23-17-24-47-49(42)55-50(43-22-15-16-25-48(43)57)56(47)46-27-26-40(53(7,8)52(4,5)6)34-44(46)36-20-13-10-14-21-36;/h9-29,31-34,57H,1-8H3;/q-1;/i9D,11D,12D,18D,19D;. The number of hydrogen-bond donors (Lipinski definition) is 1. The predicted octanol–water partition coefficient (Wildman–Crippen LogP) is 13.9. The van der Waals surface area contributed by atoms with E-state index in [2.05, 4.69) is 127 Å². The SMILES string of the molecule is [2H]c1c([2H])c([2H])c(-c2ccnc(-c3[c-]c(-c4cccc5c4nc(-c4ccccc4O)n5-c4ccc(C(C)(C)C(C)(C)C)cc4-c4ccccc4)cc(C(C)(C)C)c3)c2)c([2H])c1[2H].[Pt]. The summed E-state index contributed by atoms with van der Waals surface area (Å²) in [6.07, 6.45) is 1.60. The summed E-state index contributed by atoms with van der Waals surface area (Å²) < 4.78 is 44.1. The molecule has 58 heavy (non-hydrogen) atoms. The van der Waals surface area contributed by atoms with Crippen molar-refractivity contribution < 1.29 is 33.0 Å². The molecule has 0 radical (unpaired) electrons. The summed E-state index contributed by atoms with van der Waals surface area (Å²) >= 11 is 0. The normalized spacial score (nSPS) is 13.3. The van der Waals surface area contributed by atoms with Gasteiger partial charge in [-0.05, 0) is 74.9 Å². The summed E-state index contributed by atoms with van der Waals surface area (Å²) in [6, 6.07) is 40.0. The monoisotopic (exact) mass is 944 g/mol. The average Bonchev–Trinajstić information content (AvgIpc) is 3.64. The van der Waals surface area contributed by atoms with Crippen LogP contribution in [0.2, 0.25) is 0 Å². The van der Waals surface area contributed by atoms with E-state index in [-0.39, 0.29) is 72.8 Å². The molecular formula is C53H50N3OPt-. The van der Waals surface area contributed by atoms with E-state index in [1.54, 1.807) is 24.4 Å². The minimum atomic E-state index is -0.436. The molecule has 8 aromatic rings. The minimum absolute atomic E-state index is 0. The van der Waals surface area contributed by atoms with Gasteiger partial charge in [0, 0.05) is 38.5 Å². The van der Waals surface area contributed by atoms with Crippen LogP contribution < -0.4 is 0 Å². The third kappa shape index (κ3) is 7.59. The maximum Gasteiger partial charge on any atom is 0.148 e. The van der Waals surface area contributed by atoms with Gasteiger partial charge in [-0.15, -0.1) is 29.3 Å². The summed E-state index contributed by atoms with van der Waals surface area (Å²) in [6.45, 7) is 17.8. The number of fused-ring (bicyclic) bond motifs is 1. The first-order chi connectivity index (χ1) is 29.3. The summed E-state index contributed by atoms with van der Waals surface area (Å²) in [4.78, 5) is 10.1. The average molecular weight is 945 g/mol.